The topological polar surface area (TPSA) is 62.3 Å². The summed E-state index contributed by atoms with van der Waals surface area (Å²) < 4.78 is 0. The first-order valence-electron chi connectivity index (χ1n) is 8.54. The molecule has 1 saturated heterocycles. The van der Waals surface area contributed by atoms with Gasteiger partial charge in [0.2, 0.25) is 5.91 Å². The molecule has 5 nitrogen and oxygen atoms in total. The van der Waals surface area contributed by atoms with Crippen LogP contribution < -0.4 is 10.2 Å². The molecule has 4 rings (SSSR count). The van der Waals surface area contributed by atoms with Gasteiger partial charge >= 0.3 is 0 Å². The molecule has 136 valence electrons. The minimum Gasteiger partial charge on any atom is -0.312 e. The standard InChI is InChI=1S/C20H16ClN3O2S/c21-14-9-7-13(8-10-14)16-12-27-20(22-16)23-19(26)15-4-1-2-5-17(15)24-11-3-6-18(24)25/h1-2,4-5,7-10,12H,3,6,11H2,(H,22,23,26). The molecule has 7 heteroatoms. The van der Waals surface area contributed by atoms with E-state index in [-0.39, 0.29) is 11.8 Å². The number of anilines is 2. The van der Waals surface area contributed by atoms with Gasteiger partial charge in [-0.1, -0.05) is 35.9 Å². The Kier molecular flexibility index (Phi) is 4.92. The molecular formula is C20H16ClN3O2S. The van der Waals surface area contributed by atoms with Crippen molar-refractivity contribution in [1.29, 1.82) is 0 Å². The summed E-state index contributed by atoms with van der Waals surface area (Å²) in [5.41, 5.74) is 2.82. The summed E-state index contributed by atoms with van der Waals surface area (Å²) in [6, 6.07) is 14.5. The molecular weight excluding hydrogens is 382 g/mol. The van der Waals surface area contributed by atoms with Gasteiger partial charge in [0.05, 0.1) is 16.9 Å². The van der Waals surface area contributed by atoms with E-state index in [1.165, 1.54) is 11.3 Å². The predicted molar refractivity (Wildman–Crippen MR) is 109 cm³/mol. The summed E-state index contributed by atoms with van der Waals surface area (Å²) in [4.78, 5) is 31.0. The van der Waals surface area contributed by atoms with Crippen LogP contribution in [0.15, 0.2) is 53.9 Å². The lowest BCUT2D eigenvalue weighted by molar-refractivity contribution is -0.117. The molecule has 2 aromatic carbocycles. The van der Waals surface area contributed by atoms with E-state index in [2.05, 4.69) is 10.3 Å². The molecule has 1 aliphatic rings. The van der Waals surface area contributed by atoms with Crippen LogP contribution in [0.5, 0.6) is 0 Å². The number of rotatable bonds is 4. The Morgan fingerprint density at radius 2 is 1.93 bits per heavy atom. The van der Waals surface area contributed by atoms with Crippen LogP contribution in [0.1, 0.15) is 23.2 Å². The Morgan fingerprint density at radius 3 is 2.67 bits per heavy atom. The van der Waals surface area contributed by atoms with E-state index >= 15 is 0 Å². The van der Waals surface area contributed by atoms with Crippen molar-refractivity contribution in [3.63, 3.8) is 0 Å². The molecule has 2 amide bonds. The first-order chi connectivity index (χ1) is 13.1. The third-order valence-electron chi connectivity index (χ3n) is 4.38. The highest BCUT2D eigenvalue weighted by Gasteiger charge is 2.25. The molecule has 0 unspecified atom stereocenters. The molecule has 0 saturated carbocycles. The van der Waals surface area contributed by atoms with Crippen molar-refractivity contribution in [2.24, 2.45) is 0 Å². The lowest BCUT2D eigenvalue weighted by Crippen LogP contribution is -2.27. The number of halogens is 1. The maximum absolute atomic E-state index is 12.8. The maximum atomic E-state index is 12.8. The van der Waals surface area contributed by atoms with Crippen molar-refractivity contribution in [2.45, 2.75) is 12.8 Å². The number of benzene rings is 2. The maximum Gasteiger partial charge on any atom is 0.259 e. The number of carbonyl (C=O) groups is 2. The summed E-state index contributed by atoms with van der Waals surface area (Å²) >= 11 is 7.27. The second kappa shape index (κ2) is 7.50. The van der Waals surface area contributed by atoms with Crippen molar-refractivity contribution in [1.82, 2.24) is 4.98 Å². The van der Waals surface area contributed by atoms with Crippen molar-refractivity contribution in [3.05, 3.63) is 64.5 Å². The van der Waals surface area contributed by atoms with Gasteiger partial charge in [-0.15, -0.1) is 11.3 Å². The molecule has 0 spiro atoms. The molecule has 0 radical (unpaired) electrons. The van der Waals surface area contributed by atoms with Crippen LogP contribution in [-0.4, -0.2) is 23.3 Å². The summed E-state index contributed by atoms with van der Waals surface area (Å²) in [6.45, 7) is 0.640. The van der Waals surface area contributed by atoms with E-state index < -0.39 is 0 Å². The monoisotopic (exact) mass is 397 g/mol. The number of nitrogens with zero attached hydrogens (tertiary/aromatic N) is 2. The smallest absolute Gasteiger partial charge is 0.259 e. The summed E-state index contributed by atoms with van der Waals surface area (Å²) in [5, 5.41) is 5.90. The van der Waals surface area contributed by atoms with E-state index in [0.29, 0.717) is 34.4 Å². The minimum atomic E-state index is -0.276. The number of aromatic nitrogens is 1. The predicted octanol–water partition coefficient (Wildman–Crippen LogP) is 4.84. The fraction of sp³-hybridized carbons (Fsp3) is 0.150. The Labute approximate surface area is 165 Å². The van der Waals surface area contributed by atoms with Gasteiger partial charge < -0.3 is 4.90 Å². The molecule has 0 atom stereocenters. The Morgan fingerprint density at radius 1 is 1.15 bits per heavy atom. The number of hydrogen-bond acceptors (Lipinski definition) is 4. The average Bonchev–Trinajstić information content (AvgIpc) is 3.31. The van der Waals surface area contributed by atoms with E-state index in [1.54, 1.807) is 35.2 Å². The second-order valence-electron chi connectivity index (χ2n) is 6.16. The van der Waals surface area contributed by atoms with Crippen LogP contribution in [0.4, 0.5) is 10.8 Å². The van der Waals surface area contributed by atoms with Gasteiger partial charge in [0.1, 0.15) is 0 Å². The average molecular weight is 398 g/mol. The number of nitrogens with one attached hydrogen (secondary N) is 1. The Hall–Kier alpha value is -2.70. The largest absolute Gasteiger partial charge is 0.312 e. The van der Waals surface area contributed by atoms with Crippen molar-refractivity contribution >= 4 is 45.6 Å². The van der Waals surface area contributed by atoms with Gasteiger partial charge in [-0.2, -0.15) is 0 Å². The van der Waals surface area contributed by atoms with Crippen LogP contribution in [0.3, 0.4) is 0 Å². The normalized spacial score (nSPS) is 13.8. The highest BCUT2D eigenvalue weighted by atomic mass is 35.5. The van der Waals surface area contributed by atoms with E-state index in [0.717, 1.165) is 17.7 Å². The molecule has 0 bridgehead atoms. The molecule has 2 heterocycles. The second-order valence-corrected chi connectivity index (χ2v) is 7.46. The third-order valence-corrected chi connectivity index (χ3v) is 5.39. The van der Waals surface area contributed by atoms with Crippen molar-refractivity contribution in [2.75, 3.05) is 16.8 Å². The lowest BCUT2D eigenvalue weighted by atomic mass is 10.1. The molecule has 3 aromatic rings. The zero-order valence-electron chi connectivity index (χ0n) is 14.3. The van der Waals surface area contributed by atoms with Crippen LogP contribution >= 0.6 is 22.9 Å². The molecule has 1 aromatic heterocycles. The fourth-order valence-corrected chi connectivity index (χ4v) is 3.89. The Balaban J connectivity index is 1.55. The van der Waals surface area contributed by atoms with Gasteiger partial charge in [-0.25, -0.2) is 4.98 Å². The molecule has 0 aliphatic carbocycles. The fourth-order valence-electron chi connectivity index (χ4n) is 3.05. The zero-order chi connectivity index (χ0) is 18.8. The van der Waals surface area contributed by atoms with Crippen LogP contribution in [-0.2, 0) is 4.79 Å². The van der Waals surface area contributed by atoms with Gasteiger partial charge in [-0.3, -0.25) is 14.9 Å². The quantitative estimate of drug-likeness (QED) is 0.685. The molecule has 27 heavy (non-hydrogen) atoms. The first-order valence-corrected chi connectivity index (χ1v) is 9.80. The third kappa shape index (κ3) is 3.72. The van der Waals surface area contributed by atoms with Crippen LogP contribution in [0, 0.1) is 0 Å². The van der Waals surface area contributed by atoms with Gasteiger partial charge in [0.15, 0.2) is 5.13 Å². The molecule has 1 fully saturated rings. The number of para-hydroxylation sites is 1. The molecule has 1 aliphatic heterocycles. The van der Waals surface area contributed by atoms with Crippen molar-refractivity contribution in [3.8, 4) is 11.3 Å². The number of amides is 2. The summed E-state index contributed by atoms with van der Waals surface area (Å²) in [6.07, 6.45) is 1.33. The SMILES string of the molecule is O=C(Nc1nc(-c2ccc(Cl)cc2)cs1)c1ccccc1N1CCCC1=O. The summed E-state index contributed by atoms with van der Waals surface area (Å²) in [5.74, 6) is -0.225. The lowest BCUT2D eigenvalue weighted by Gasteiger charge is -2.18. The zero-order valence-corrected chi connectivity index (χ0v) is 15.9. The number of hydrogen-bond donors (Lipinski definition) is 1. The van der Waals surface area contributed by atoms with E-state index in [1.807, 2.05) is 23.6 Å². The highest BCUT2D eigenvalue weighted by molar-refractivity contribution is 7.14. The van der Waals surface area contributed by atoms with Crippen LogP contribution in [0.2, 0.25) is 5.02 Å². The van der Waals surface area contributed by atoms with Gasteiger partial charge in [0, 0.05) is 28.9 Å². The number of carbonyl (C=O) groups excluding carboxylic acids is 2. The van der Waals surface area contributed by atoms with Gasteiger partial charge in [-0.05, 0) is 30.7 Å². The Bertz CT molecular complexity index is 1000. The first kappa shape index (κ1) is 17.7. The van der Waals surface area contributed by atoms with Crippen LogP contribution in [0.25, 0.3) is 11.3 Å². The van der Waals surface area contributed by atoms with E-state index in [4.69, 9.17) is 11.6 Å². The number of thiazole rings is 1. The highest BCUT2D eigenvalue weighted by Crippen LogP contribution is 2.29. The van der Waals surface area contributed by atoms with E-state index in [9.17, 15) is 9.59 Å². The minimum absolute atomic E-state index is 0.0505. The molecule has 1 N–H and O–H groups in total. The summed E-state index contributed by atoms with van der Waals surface area (Å²) in [7, 11) is 0. The van der Waals surface area contributed by atoms with Gasteiger partial charge in [0.25, 0.3) is 5.91 Å². The van der Waals surface area contributed by atoms with Crippen molar-refractivity contribution < 1.29 is 9.59 Å².